The number of hydrogen-bond acceptors (Lipinski definition) is 3. The number of nitrogens with one attached hydrogen (secondary N) is 2. The number of carbonyl (C=O) groups excluding carboxylic acids is 2. The van der Waals surface area contributed by atoms with Crippen molar-refractivity contribution in [3.8, 4) is 0 Å². The molecule has 2 aromatic carbocycles. The van der Waals surface area contributed by atoms with Gasteiger partial charge in [-0.2, -0.15) is 0 Å². The molecule has 0 aliphatic carbocycles. The molecule has 0 radical (unpaired) electrons. The third kappa shape index (κ3) is 4.35. The second kappa shape index (κ2) is 7.09. The van der Waals surface area contributed by atoms with Gasteiger partial charge in [-0.25, -0.2) is 4.79 Å². The smallest absolute Gasteiger partial charge is 0.411 e. The van der Waals surface area contributed by atoms with Crippen molar-refractivity contribution in [2.24, 2.45) is 0 Å². The number of benzene rings is 2. The van der Waals surface area contributed by atoms with Crippen LogP contribution in [0.1, 0.15) is 17.3 Å². The Morgan fingerprint density at radius 1 is 0.952 bits per heavy atom. The third-order valence-corrected chi connectivity index (χ3v) is 2.68. The third-order valence-electron chi connectivity index (χ3n) is 2.68. The lowest BCUT2D eigenvalue weighted by Crippen LogP contribution is -2.15. The fourth-order valence-electron chi connectivity index (χ4n) is 1.75. The van der Waals surface area contributed by atoms with Crippen LogP contribution >= 0.6 is 0 Å². The van der Waals surface area contributed by atoms with Crippen LogP contribution in [-0.2, 0) is 4.74 Å². The maximum atomic E-state index is 12.1. The summed E-state index contributed by atoms with van der Waals surface area (Å²) in [4.78, 5) is 23.5. The van der Waals surface area contributed by atoms with E-state index >= 15 is 0 Å². The Morgan fingerprint density at radius 3 is 2.38 bits per heavy atom. The molecule has 0 unspecified atom stereocenters. The molecule has 0 saturated carbocycles. The van der Waals surface area contributed by atoms with E-state index in [0.29, 0.717) is 23.5 Å². The van der Waals surface area contributed by atoms with Gasteiger partial charge in [0.15, 0.2) is 0 Å². The fraction of sp³-hybridized carbons (Fsp3) is 0.125. The highest BCUT2D eigenvalue weighted by molar-refractivity contribution is 6.05. The minimum atomic E-state index is -0.543. The molecular weight excluding hydrogens is 268 g/mol. The maximum Gasteiger partial charge on any atom is 0.411 e. The lowest BCUT2D eigenvalue weighted by molar-refractivity contribution is 0.102. The first kappa shape index (κ1) is 14.6. The van der Waals surface area contributed by atoms with Crippen LogP contribution in [0.2, 0.25) is 0 Å². The highest BCUT2D eigenvalue weighted by Gasteiger charge is 2.08. The second-order valence-electron chi connectivity index (χ2n) is 4.25. The average Bonchev–Trinajstić information content (AvgIpc) is 2.48. The van der Waals surface area contributed by atoms with Crippen LogP contribution in [0.5, 0.6) is 0 Å². The van der Waals surface area contributed by atoms with Gasteiger partial charge in [0.1, 0.15) is 0 Å². The van der Waals surface area contributed by atoms with Gasteiger partial charge < -0.3 is 10.1 Å². The highest BCUT2D eigenvalue weighted by atomic mass is 16.5. The van der Waals surface area contributed by atoms with Gasteiger partial charge in [-0.05, 0) is 37.3 Å². The van der Waals surface area contributed by atoms with Gasteiger partial charge in [0.05, 0.1) is 6.61 Å². The number of para-hydroxylation sites is 1. The molecule has 0 saturated heterocycles. The van der Waals surface area contributed by atoms with E-state index < -0.39 is 6.09 Å². The molecule has 2 amide bonds. The Labute approximate surface area is 122 Å². The number of hydrogen-bond donors (Lipinski definition) is 2. The van der Waals surface area contributed by atoms with E-state index in [9.17, 15) is 9.59 Å². The fourth-order valence-corrected chi connectivity index (χ4v) is 1.75. The van der Waals surface area contributed by atoms with Gasteiger partial charge in [0.2, 0.25) is 0 Å². The molecular formula is C16H16N2O3. The van der Waals surface area contributed by atoms with E-state index in [-0.39, 0.29) is 5.91 Å². The zero-order valence-electron chi connectivity index (χ0n) is 11.6. The average molecular weight is 284 g/mol. The first-order chi connectivity index (χ1) is 10.2. The normalized spacial score (nSPS) is 9.76. The molecule has 2 N–H and O–H groups in total. The standard InChI is InChI=1S/C16H16N2O3/c1-2-21-16(20)18-14-10-6-7-12(11-14)15(19)17-13-8-4-3-5-9-13/h3-11H,2H2,1H3,(H,17,19)(H,18,20). The van der Waals surface area contributed by atoms with Crippen LogP contribution in [0.15, 0.2) is 54.6 Å². The van der Waals surface area contributed by atoms with E-state index in [1.165, 1.54) is 0 Å². The van der Waals surface area contributed by atoms with Crippen molar-refractivity contribution in [1.29, 1.82) is 0 Å². The zero-order valence-corrected chi connectivity index (χ0v) is 11.6. The quantitative estimate of drug-likeness (QED) is 0.902. The van der Waals surface area contributed by atoms with Gasteiger partial charge in [0.25, 0.3) is 5.91 Å². The second-order valence-corrected chi connectivity index (χ2v) is 4.25. The summed E-state index contributed by atoms with van der Waals surface area (Å²) >= 11 is 0. The van der Waals surface area contributed by atoms with Crippen molar-refractivity contribution in [3.05, 3.63) is 60.2 Å². The number of rotatable bonds is 4. The van der Waals surface area contributed by atoms with Crippen LogP contribution in [0.4, 0.5) is 16.2 Å². The predicted octanol–water partition coefficient (Wildman–Crippen LogP) is 3.51. The summed E-state index contributed by atoms with van der Waals surface area (Å²) < 4.78 is 4.79. The van der Waals surface area contributed by atoms with E-state index in [1.807, 2.05) is 18.2 Å². The predicted molar refractivity (Wildman–Crippen MR) is 81.5 cm³/mol. The molecule has 0 heterocycles. The van der Waals surface area contributed by atoms with Crippen molar-refractivity contribution < 1.29 is 14.3 Å². The van der Waals surface area contributed by atoms with Crippen molar-refractivity contribution in [3.63, 3.8) is 0 Å². The zero-order chi connectivity index (χ0) is 15.1. The largest absolute Gasteiger partial charge is 0.450 e. The maximum absolute atomic E-state index is 12.1. The molecule has 0 aromatic heterocycles. The number of carbonyl (C=O) groups is 2. The lowest BCUT2D eigenvalue weighted by Gasteiger charge is -2.08. The topological polar surface area (TPSA) is 67.4 Å². The van der Waals surface area contributed by atoms with Crippen molar-refractivity contribution in [2.75, 3.05) is 17.2 Å². The molecule has 5 nitrogen and oxygen atoms in total. The summed E-state index contributed by atoms with van der Waals surface area (Å²) in [7, 11) is 0. The van der Waals surface area contributed by atoms with E-state index in [4.69, 9.17) is 4.74 Å². The van der Waals surface area contributed by atoms with Crippen LogP contribution in [0, 0.1) is 0 Å². The van der Waals surface area contributed by atoms with E-state index in [2.05, 4.69) is 10.6 Å². The van der Waals surface area contributed by atoms with Gasteiger partial charge in [-0.15, -0.1) is 0 Å². The Bertz CT molecular complexity index is 626. The molecule has 0 bridgehead atoms. The summed E-state index contributed by atoms with van der Waals surface area (Å²) in [6, 6.07) is 15.8. The highest BCUT2D eigenvalue weighted by Crippen LogP contribution is 2.13. The first-order valence-corrected chi connectivity index (χ1v) is 6.59. The molecule has 0 aliphatic rings. The summed E-state index contributed by atoms with van der Waals surface area (Å²) in [5.41, 5.74) is 1.67. The number of amides is 2. The minimum absolute atomic E-state index is 0.242. The Morgan fingerprint density at radius 2 is 1.67 bits per heavy atom. The monoisotopic (exact) mass is 284 g/mol. The molecule has 0 aliphatic heterocycles. The van der Waals surface area contributed by atoms with Crippen LogP contribution < -0.4 is 10.6 Å². The van der Waals surface area contributed by atoms with E-state index in [1.54, 1.807) is 43.3 Å². The summed E-state index contributed by atoms with van der Waals surface area (Å²) in [5, 5.41) is 5.34. The van der Waals surface area contributed by atoms with E-state index in [0.717, 1.165) is 0 Å². The summed E-state index contributed by atoms with van der Waals surface area (Å²) in [5.74, 6) is -0.242. The molecule has 2 rings (SSSR count). The molecule has 21 heavy (non-hydrogen) atoms. The number of anilines is 2. The SMILES string of the molecule is CCOC(=O)Nc1cccc(C(=O)Nc2ccccc2)c1. The molecule has 0 spiro atoms. The summed E-state index contributed by atoms with van der Waals surface area (Å²) in [6.45, 7) is 2.02. The number of ether oxygens (including phenoxy) is 1. The first-order valence-electron chi connectivity index (χ1n) is 6.59. The van der Waals surface area contributed by atoms with Gasteiger partial charge >= 0.3 is 6.09 Å². The molecule has 2 aromatic rings. The molecule has 5 heteroatoms. The molecule has 0 fully saturated rings. The van der Waals surface area contributed by atoms with Crippen LogP contribution in [0.3, 0.4) is 0 Å². The van der Waals surface area contributed by atoms with Crippen LogP contribution in [-0.4, -0.2) is 18.6 Å². The van der Waals surface area contributed by atoms with Gasteiger partial charge in [0, 0.05) is 16.9 Å². The van der Waals surface area contributed by atoms with Crippen LogP contribution in [0.25, 0.3) is 0 Å². The van der Waals surface area contributed by atoms with Gasteiger partial charge in [-0.1, -0.05) is 24.3 Å². The van der Waals surface area contributed by atoms with Crippen molar-refractivity contribution in [1.82, 2.24) is 0 Å². The minimum Gasteiger partial charge on any atom is -0.450 e. The summed E-state index contributed by atoms with van der Waals surface area (Å²) in [6.07, 6.45) is -0.543. The Kier molecular flexibility index (Phi) is 4.93. The van der Waals surface area contributed by atoms with Crippen molar-refractivity contribution in [2.45, 2.75) is 6.92 Å². The molecule has 0 atom stereocenters. The Balaban J connectivity index is 2.06. The molecule has 108 valence electrons. The van der Waals surface area contributed by atoms with Gasteiger partial charge in [-0.3, -0.25) is 10.1 Å². The van der Waals surface area contributed by atoms with Crippen molar-refractivity contribution >= 4 is 23.4 Å². The lowest BCUT2D eigenvalue weighted by atomic mass is 10.2. The Hall–Kier alpha value is -2.82.